The van der Waals surface area contributed by atoms with Gasteiger partial charge in [-0.25, -0.2) is 0 Å². The van der Waals surface area contributed by atoms with Crippen LogP contribution < -0.4 is 5.32 Å². The van der Waals surface area contributed by atoms with Gasteiger partial charge in [0.1, 0.15) is 0 Å². The summed E-state index contributed by atoms with van der Waals surface area (Å²) in [4.78, 5) is 2.64. The van der Waals surface area contributed by atoms with Gasteiger partial charge in [-0.05, 0) is 42.4 Å². The molecule has 0 spiro atoms. The molecule has 1 heterocycles. The molecule has 0 bridgehead atoms. The minimum atomic E-state index is 0.373. The highest BCUT2D eigenvalue weighted by atomic mass is 15.2. The summed E-state index contributed by atoms with van der Waals surface area (Å²) >= 11 is 0. The molecule has 1 saturated heterocycles. The largest absolute Gasteiger partial charge is 0.314 e. The second-order valence-corrected chi connectivity index (χ2v) is 8.10. The Morgan fingerprint density at radius 1 is 0.885 bits per heavy atom. The van der Waals surface area contributed by atoms with Gasteiger partial charge < -0.3 is 5.32 Å². The molecule has 1 unspecified atom stereocenters. The van der Waals surface area contributed by atoms with Gasteiger partial charge in [-0.3, -0.25) is 4.90 Å². The van der Waals surface area contributed by atoms with Crippen molar-refractivity contribution in [2.75, 3.05) is 26.2 Å². The molecule has 2 fully saturated rings. The number of nitrogens with zero attached hydrogens (tertiary/aromatic N) is 1. The van der Waals surface area contributed by atoms with Gasteiger partial charge >= 0.3 is 0 Å². The molecular formula is C24H32N2. The topological polar surface area (TPSA) is 15.3 Å². The molecule has 2 aromatic rings. The highest BCUT2D eigenvalue weighted by Gasteiger charge is 2.24. The summed E-state index contributed by atoms with van der Waals surface area (Å²) in [6.07, 6.45) is 6.97. The lowest BCUT2D eigenvalue weighted by Gasteiger charge is -2.36. The summed E-state index contributed by atoms with van der Waals surface area (Å²) in [6, 6.07) is 19.1. The Morgan fingerprint density at radius 3 is 2.31 bits per heavy atom. The van der Waals surface area contributed by atoms with Crippen molar-refractivity contribution < 1.29 is 0 Å². The van der Waals surface area contributed by atoms with Crippen LogP contribution in [-0.2, 0) is 0 Å². The number of aryl methyl sites for hydroxylation is 1. The van der Waals surface area contributed by atoms with Crippen molar-refractivity contribution in [2.24, 2.45) is 0 Å². The van der Waals surface area contributed by atoms with E-state index in [0.29, 0.717) is 6.04 Å². The first-order chi connectivity index (χ1) is 12.8. The third-order valence-electron chi connectivity index (χ3n) is 6.20. The zero-order valence-corrected chi connectivity index (χ0v) is 16.1. The smallest absolute Gasteiger partial charge is 0.0602 e. The van der Waals surface area contributed by atoms with Gasteiger partial charge in [0.15, 0.2) is 0 Å². The van der Waals surface area contributed by atoms with Crippen LogP contribution in [0.4, 0.5) is 0 Å². The molecule has 4 rings (SSSR count). The summed E-state index contributed by atoms with van der Waals surface area (Å²) in [7, 11) is 0. The fourth-order valence-electron chi connectivity index (χ4n) is 4.78. The molecule has 1 saturated carbocycles. The highest BCUT2D eigenvalue weighted by molar-refractivity contribution is 5.36. The Hall–Kier alpha value is -1.64. The van der Waals surface area contributed by atoms with Crippen LogP contribution in [0.3, 0.4) is 0 Å². The summed E-state index contributed by atoms with van der Waals surface area (Å²) < 4.78 is 0. The lowest BCUT2D eigenvalue weighted by atomic mass is 9.83. The molecule has 1 atom stereocenters. The fourth-order valence-corrected chi connectivity index (χ4v) is 4.78. The molecule has 2 nitrogen and oxygen atoms in total. The quantitative estimate of drug-likeness (QED) is 0.833. The van der Waals surface area contributed by atoms with E-state index in [1.807, 2.05) is 0 Å². The third-order valence-corrected chi connectivity index (χ3v) is 6.20. The maximum atomic E-state index is 3.49. The number of piperazine rings is 1. The molecule has 1 aliphatic heterocycles. The molecule has 0 aromatic heterocycles. The molecule has 1 N–H and O–H groups in total. The van der Waals surface area contributed by atoms with Crippen molar-refractivity contribution >= 4 is 0 Å². The van der Waals surface area contributed by atoms with Crippen molar-refractivity contribution in [2.45, 2.75) is 51.0 Å². The Labute approximate surface area is 158 Å². The Bertz CT molecular complexity index is 694. The van der Waals surface area contributed by atoms with Gasteiger partial charge in [-0.1, -0.05) is 73.4 Å². The van der Waals surface area contributed by atoms with Crippen LogP contribution in [0.1, 0.15) is 66.3 Å². The number of rotatable bonds is 4. The molecule has 1 aliphatic carbocycles. The lowest BCUT2D eigenvalue weighted by Crippen LogP contribution is -2.45. The van der Waals surface area contributed by atoms with Crippen LogP contribution in [0.15, 0.2) is 48.5 Å². The van der Waals surface area contributed by atoms with E-state index in [-0.39, 0.29) is 0 Å². The number of hydrogen-bond donors (Lipinski definition) is 1. The summed E-state index contributed by atoms with van der Waals surface area (Å²) in [5, 5.41) is 3.49. The minimum absolute atomic E-state index is 0.373. The van der Waals surface area contributed by atoms with Crippen molar-refractivity contribution in [3.8, 4) is 0 Å². The standard InChI is InChI=1S/C24H32N2/c1-19-6-5-9-23(18-19)24(26-16-14-25-15-17-26)22-12-10-21(11-13-22)20-7-3-2-4-8-20/h5-6,9-13,18,20,24-25H,2-4,7-8,14-17H2,1H3. The lowest BCUT2D eigenvalue weighted by molar-refractivity contribution is 0.198. The summed E-state index contributed by atoms with van der Waals surface area (Å²) in [6.45, 7) is 6.60. The maximum absolute atomic E-state index is 3.49. The number of nitrogens with one attached hydrogen (secondary N) is 1. The molecule has 2 aromatic carbocycles. The normalized spacial score (nSPS) is 20.8. The molecule has 2 heteroatoms. The van der Waals surface area contributed by atoms with Crippen molar-refractivity contribution in [3.05, 3.63) is 70.8 Å². The van der Waals surface area contributed by atoms with Gasteiger partial charge in [0, 0.05) is 26.2 Å². The first-order valence-electron chi connectivity index (χ1n) is 10.4. The average molecular weight is 349 g/mol. The molecule has 26 heavy (non-hydrogen) atoms. The van der Waals surface area contributed by atoms with E-state index in [1.165, 1.54) is 48.8 Å². The second kappa shape index (κ2) is 8.37. The highest BCUT2D eigenvalue weighted by Crippen LogP contribution is 2.35. The van der Waals surface area contributed by atoms with E-state index in [9.17, 15) is 0 Å². The monoisotopic (exact) mass is 348 g/mol. The molecule has 0 radical (unpaired) electrons. The Kier molecular flexibility index (Phi) is 5.72. The van der Waals surface area contributed by atoms with Crippen LogP contribution in [-0.4, -0.2) is 31.1 Å². The first-order valence-corrected chi connectivity index (χ1v) is 10.4. The average Bonchev–Trinajstić information content (AvgIpc) is 2.70. The maximum Gasteiger partial charge on any atom is 0.0602 e. The molecular weight excluding hydrogens is 316 g/mol. The Morgan fingerprint density at radius 2 is 1.62 bits per heavy atom. The van der Waals surface area contributed by atoms with Gasteiger partial charge in [-0.15, -0.1) is 0 Å². The first kappa shape index (κ1) is 17.8. The minimum Gasteiger partial charge on any atom is -0.314 e. The van der Waals surface area contributed by atoms with Gasteiger partial charge in [0.2, 0.25) is 0 Å². The van der Waals surface area contributed by atoms with Gasteiger partial charge in [0.25, 0.3) is 0 Å². The second-order valence-electron chi connectivity index (χ2n) is 8.10. The molecule has 0 amide bonds. The Balaban J connectivity index is 1.62. The molecule has 138 valence electrons. The van der Waals surface area contributed by atoms with E-state index < -0.39 is 0 Å². The summed E-state index contributed by atoms with van der Waals surface area (Å²) in [5.41, 5.74) is 5.77. The van der Waals surface area contributed by atoms with Crippen LogP contribution in [0.2, 0.25) is 0 Å². The van der Waals surface area contributed by atoms with E-state index in [4.69, 9.17) is 0 Å². The fraction of sp³-hybridized carbons (Fsp3) is 0.500. The van der Waals surface area contributed by atoms with Gasteiger partial charge in [0.05, 0.1) is 6.04 Å². The van der Waals surface area contributed by atoms with Crippen molar-refractivity contribution in [1.29, 1.82) is 0 Å². The van der Waals surface area contributed by atoms with E-state index >= 15 is 0 Å². The zero-order valence-electron chi connectivity index (χ0n) is 16.1. The van der Waals surface area contributed by atoms with Crippen LogP contribution in [0.5, 0.6) is 0 Å². The van der Waals surface area contributed by atoms with Gasteiger partial charge in [-0.2, -0.15) is 0 Å². The van der Waals surface area contributed by atoms with Crippen molar-refractivity contribution in [3.63, 3.8) is 0 Å². The molecule has 2 aliphatic rings. The van der Waals surface area contributed by atoms with Crippen LogP contribution >= 0.6 is 0 Å². The van der Waals surface area contributed by atoms with Crippen LogP contribution in [0, 0.1) is 6.92 Å². The zero-order chi connectivity index (χ0) is 17.8. The third kappa shape index (κ3) is 4.02. The van der Waals surface area contributed by atoms with E-state index in [2.05, 4.69) is 65.7 Å². The summed E-state index contributed by atoms with van der Waals surface area (Å²) in [5.74, 6) is 0.786. The van der Waals surface area contributed by atoms with Crippen LogP contribution in [0.25, 0.3) is 0 Å². The van der Waals surface area contributed by atoms with E-state index in [0.717, 1.165) is 32.1 Å². The predicted octanol–water partition coefficient (Wildman–Crippen LogP) is 5.04. The predicted molar refractivity (Wildman–Crippen MR) is 110 cm³/mol. The number of hydrogen-bond acceptors (Lipinski definition) is 2. The number of benzene rings is 2. The van der Waals surface area contributed by atoms with E-state index in [1.54, 1.807) is 5.56 Å². The van der Waals surface area contributed by atoms with Crippen molar-refractivity contribution in [1.82, 2.24) is 10.2 Å². The SMILES string of the molecule is Cc1cccc(C(c2ccc(C3CCCCC3)cc2)N2CCNCC2)c1.